The summed E-state index contributed by atoms with van der Waals surface area (Å²) in [5.74, 6) is 0.682. The second-order valence-corrected chi connectivity index (χ2v) is 7.26. The molecule has 148 valence electrons. The molecule has 1 fully saturated rings. The van der Waals surface area contributed by atoms with Crippen molar-refractivity contribution in [3.05, 3.63) is 89.3 Å². The number of para-hydroxylation sites is 2. The van der Waals surface area contributed by atoms with E-state index in [9.17, 15) is 9.59 Å². The van der Waals surface area contributed by atoms with Crippen molar-refractivity contribution in [2.45, 2.75) is 12.8 Å². The number of amides is 1. The number of rotatable bonds is 4. The number of pyridine rings is 2. The van der Waals surface area contributed by atoms with Crippen LogP contribution in [0.3, 0.4) is 0 Å². The summed E-state index contributed by atoms with van der Waals surface area (Å²) in [6.45, 7) is 0.624. The maximum absolute atomic E-state index is 13.0. The molecule has 1 saturated heterocycles. The Morgan fingerprint density at radius 2 is 1.63 bits per heavy atom. The monoisotopic (exact) mass is 396 g/mol. The number of nitrogens with one attached hydrogen (secondary N) is 1. The fourth-order valence-electron chi connectivity index (χ4n) is 3.95. The summed E-state index contributed by atoms with van der Waals surface area (Å²) in [5, 5.41) is 3.85. The average molecular weight is 396 g/mol. The lowest BCUT2D eigenvalue weighted by Crippen LogP contribution is -2.26. The van der Waals surface area contributed by atoms with Crippen LogP contribution >= 0.6 is 0 Å². The molecule has 1 N–H and O–H groups in total. The van der Waals surface area contributed by atoms with E-state index in [-0.39, 0.29) is 11.3 Å². The van der Waals surface area contributed by atoms with E-state index in [4.69, 9.17) is 0 Å². The number of fused-ring (bicyclic) bond motifs is 1. The van der Waals surface area contributed by atoms with Crippen LogP contribution in [0.25, 0.3) is 16.6 Å². The van der Waals surface area contributed by atoms with Gasteiger partial charge >= 0.3 is 0 Å². The van der Waals surface area contributed by atoms with Gasteiger partial charge < -0.3 is 10.2 Å². The highest BCUT2D eigenvalue weighted by Gasteiger charge is 2.26. The van der Waals surface area contributed by atoms with Gasteiger partial charge in [0.25, 0.3) is 0 Å². The van der Waals surface area contributed by atoms with Crippen LogP contribution in [0.4, 0.5) is 17.2 Å². The standard InChI is InChI=1S/C24H20N4O2/c29-21-14-22(26-17-8-3-1-4-9-17)28(18-10-5-2-6-11-18)24-19(21)15-25-16-20(24)27-13-7-12-23(27)30/h1-6,8-11,14-16,26H,7,12-13H2. The molecule has 0 radical (unpaired) electrons. The molecule has 1 amide bonds. The molecule has 1 aliphatic rings. The number of carbonyl (C=O) groups excluding carboxylic acids is 1. The van der Waals surface area contributed by atoms with Crippen LogP contribution in [0.1, 0.15) is 12.8 Å². The first-order valence-electron chi connectivity index (χ1n) is 9.94. The first kappa shape index (κ1) is 18.1. The van der Waals surface area contributed by atoms with Crippen molar-refractivity contribution in [2.24, 2.45) is 0 Å². The van der Waals surface area contributed by atoms with Crippen LogP contribution in [-0.2, 0) is 4.79 Å². The zero-order chi connectivity index (χ0) is 20.5. The van der Waals surface area contributed by atoms with Crippen LogP contribution < -0.4 is 15.6 Å². The molecular weight excluding hydrogens is 376 g/mol. The van der Waals surface area contributed by atoms with Crippen molar-refractivity contribution in [1.29, 1.82) is 0 Å². The fraction of sp³-hybridized carbons (Fsp3) is 0.125. The Labute approximate surface area is 173 Å². The Hall–Kier alpha value is -3.93. The second kappa shape index (κ2) is 7.48. The van der Waals surface area contributed by atoms with Gasteiger partial charge in [-0.15, -0.1) is 0 Å². The number of benzene rings is 2. The SMILES string of the molecule is O=C1CCCN1c1cncc2c(=O)cc(Nc3ccccc3)n(-c3ccccc3)c12. The van der Waals surface area contributed by atoms with Crippen molar-refractivity contribution < 1.29 is 4.79 Å². The quantitative estimate of drug-likeness (QED) is 0.560. The van der Waals surface area contributed by atoms with Crippen LogP contribution in [0, 0.1) is 0 Å². The van der Waals surface area contributed by atoms with E-state index < -0.39 is 0 Å². The third-order valence-electron chi connectivity index (χ3n) is 5.32. The molecule has 0 bridgehead atoms. The van der Waals surface area contributed by atoms with Crippen LogP contribution in [-0.4, -0.2) is 22.0 Å². The molecule has 0 saturated carbocycles. The number of anilines is 3. The summed E-state index contributed by atoms with van der Waals surface area (Å²) < 4.78 is 1.99. The van der Waals surface area contributed by atoms with E-state index in [1.54, 1.807) is 23.4 Å². The van der Waals surface area contributed by atoms with Gasteiger partial charge in [0.1, 0.15) is 5.82 Å². The number of hydrogen-bond donors (Lipinski definition) is 1. The Morgan fingerprint density at radius 1 is 0.900 bits per heavy atom. The van der Waals surface area contributed by atoms with E-state index in [0.717, 1.165) is 17.8 Å². The van der Waals surface area contributed by atoms with Gasteiger partial charge in [0.05, 0.1) is 22.8 Å². The molecule has 4 aromatic rings. The van der Waals surface area contributed by atoms with Gasteiger partial charge in [0, 0.05) is 36.6 Å². The molecule has 0 unspecified atom stereocenters. The maximum Gasteiger partial charge on any atom is 0.227 e. The fourth-order valence-corrected chi connectivity index (χ4v) is 3.95. The summed E-state index contributed by atoms with van der Waals surface area (Å²) in [6.07, 6.45) is 4.56. The summed E-state index contributed by atoms with van der Waals surface area (Å²) in [6, 6.07) is 21.1. The number of aromatic nitrogens is 2. The lowest BCUT2D eigenvalue weighted by atomic mass is 10.2. The van der Waals surface area contributed by atoms with Crippen LogP contribution in [0.2, 0.25) is 0 Å². The minimum Gasteiger partial charge on any atom is -0.341 e. The Balaban J connectivity index is 1.84. The third-order valence-corrected chi connectivity index (χ3v) is 5.32. The first-order chi connectivity index (χ1) is 14.7. The van der Waals surface area contributed by atoms with E-state index >= 15 is 0 Å². The topological polar surface area (TPSA) is 67.2 Å². The van der Waals surface area contributed by atoms with Crippen molar-refractivity contribution in [3.63, 3.8) is 0 Å². The third kappa shape index (κ3) is 3.12. The summed E-state index contributed by atoms with van der Waals surface area (Å²) in [7, 11) is 0. The van der Waals surface area contributed by atoms with Gasteiger partial charge in [-0.3, -0.25) is 19.1 Å². The van der Waals surface area contributed by atoms with Gasteiger partial charge in [-0.2, -0.15) is 0 Å². The maximum atomic E-state index is 13.0. The van der Waals surface area contributed by atoms with Crippen molar-refractivity contribution in [3.8, 4) is 5.69 Å². The normalized spacial score (nSPS) is 13.7. The van der Waals surface area contributed by atoms with Crippen molar-refractivity contribution in [2.75, 3.05) is 16.8 Å². The predicted octanol–water partition coefficient (Wildman–Crippen LogP) is 4.26. The van der Waals surface area contributed by atoms with Crippen LogP contribution in [0.15, 0.2) is 83.9 Å². The molecule has 3 heterocycles. The van der Waals surface area contributed by atoms with E-state index in [0.29, 0.717) is 35.4 Å². The number of carbonyl (C=O) groups is 1. The molecule has 0 atom stereocenters. The summed E-state index contributed by atoms with van der Waals surface area (Å²) in [5.41, 5.74) is 2.95. The largest absolute Gasteiger partial charge is 0.341 e. The Morgan fingerprint density at radius 3 is 2.33 bits per heavy atom. The summed E-state index contributed by atoms with van der Waals surface area (Å²) >= 11 is 0. The first-order valence-corrected chi connectivity index (χ1v) is 9.94. The lowest BCUT2D eigenvalue weighted by molar-refractivity contribution is -0.117. The Bertz CT molecular complexity index is 1280. The minimum atomic E-state index is -0.142. The molecule has 5 rings (SSSR count). The molecule has 6 heteroatoms. The van der Waals surface area contributed by atoms with Gasteiger partial charge in [-0.1, -0.05) is 36.4 Å². The van der Waals surface area contributed by atoms with Gasteiger partial charge in [-0.05, 0) is 30.7 Å². The average Bonchev–Trinajstić information content (AvgIpc) is 3.21. The second-order valence-electron chi connectivity index (χ2n) is 7.26. The smallest absolute Gasteiger partial charge is 0.227 e. The molecule has 6 nitrogen and oxygen atoms in total. The van der Waals surface area contributed by atoms with E-state index in [1.807, 2.05) is 65.2 Å². The van der Waals surface area contributed by atoms with E-state index in [2.05, 4.69) is 10.3 Å². The lowest BCUT2D eigenvalue weighted by Gasteiger charge is -2.23. The molecule has 0 aliphatic carbocycles. The Kier molecular flexibility index (Phi) is 4.52. The molecule has 30 heavy (non-hydrogen) atoms. The molecule has 2 aromatic carbocycles. The number of hydrogen-bond acceptors (Lipinski definition) is 4. The van der Waals surface area contributed by atoms with Gasteiger partial charge in [-0.25, -0.2) is 0 Å². The predicted molar refractivity (Wildman–Crippen MR) is 119 cm³/mol. The van der Waals surface area contributed by atoms with Gasteiger partial charge in [0.15, 0.2) is 5.43 Å². The highest BCUT2D eigenvalue weighted by molar-refractivity contribution is 6.04. The van der Waals surface area contributed by atoms with Crippen molar-refractivity contribution >= 4 is 34.0 Å². The molecule has 2 aromatic heterocycles. The zero-order valence-electron chi connectivity index (χ0n) is 16.3. The zero-order valence-corrected chi connectivity index (χ0v) is 16.3. The highest BCUT2D eigenvalue weighted by Crippen LogP contribution is 2.33. The highest BCUT2D eigenvalue weighted by atomic mass is 16.2. The van der Waals surface area contributed by atoms with Gasteiger partial charge in [0.2, 0.25) is 5.91 Å². The summed E-state index contributed by atoms with van der Waals surface area (Å²) in [4.78, 5) is 31.6. The molecule has 0 spiro atoms. The molecule has 1 aliphatic heterocycles. The van der Waals surface area contributed by atoms with Crippen LogP contribution in [0.5, 0.6) is 0 Å². The van der Waals surface area contributed by atoms with Crippen molar-refractivity contribution in [1.82, 2.24) is 9.55 Å². The molecular formula is C24H20N4O2. The number of nitrogens with zero attached hydrogens (tertiary/aromatic N) is 3. The van der Waals surface area contributed by atoms with E-state index in [1.165, 1.54) is 0 Å². The minimum absolute atomic E-state index is 0.0535.